The van der Waals surface area contributed by atoms with Crippen LogP contribution in [0.5, 0.6) is 0 Å². The Morgan fingerprint density at radius 3 is 1.00 bits per heavy atom. The van der Waals surface area contributed by atoms with Gasteiger partial charge in [0.2, 0.25) is 0 Å². The molecule has 2 aromatic heterocycles. The predicted octanol–water partition coefficient (Wildman–Crippen LogP) is 18.5. The van der Waals surface area contributed by atoms with Crippen molar-refractivity contribution in [3.63, 3.8) is 0 Å². The van der Waals surface area contributed by atoms with Crippen molar-refractivity contribution in [3.05, 3.63) is 257 Å². The van der Waals surface area contributed by atoms with E-state index in [4.69, 9.17) is 19.7 Å². The maximum atomic E-state index is 15.9. The van der Waals surface area contributed by atoms with Crippen molar-refractivity contribution in [2.75, 3.05) is 0 Å². The molecule has 0 radical (unpaired) electrons. The maximum absolute atomic E-state index is 15.9. The van der Waals surface area contributed by atoms with E-state index in [1.807, 2.05) is 130 Å². The highest BCUT2D eigenvalue weighted by atomic mass is 19.4. The van der Waals surface area contributed by atoms with Gasteiger partial charge in [0.1, 0.15) is 0 Å². The number of nitrogens with zero attached hydrogens (tertiary/aromatic N) is 8. The van der Waals surface area contributed by atoms with Crippen LogP contribution in [0.1, 0.15) is 22.3 Å². The minimum Gasteiger partial charge on any atom is -0.309 e. The number of halogens is 3. The van der Waals surface area contributed by atoms with Crippen LogP contribution in [0.25, 0.3) is 125 Å². The summed E-state index contributed by atoms with van der Waals surface area (Å²) in [6, 6.07) is 65.6. The maximum Gasteiger partial charge on any atom is 0.415 e. The Morgan fingerprint density at radius 2 is 0.692 bits per heavy atom. The summed E-state index contributed by atoms with van der Waals surface area (Å²) in [5, 5.41) is 33.2. The van der Waals surface area contributed by atoms with Gasteiger partial charge in [0, 0.05) is 32.7 Å². The summed E-state index contributed by atoms with van der Waals surface area (Å²) >= 11 is 0. The van der Waals surface area contributed by atoms with E-state index in [0.717, 1.165) is 72.1 Å². The summed E-state index contributed by atoms with van der Waals surface area (Å²) in [5.41, 5.74) is 9.89. The van der Waals surface area contributed by atoms with Gasteiger partial charge in [0.05, 0.1) is 93.6 Å². The van der Waals surface area contributed by atoms with Crippen molar-refractivity contribution >= 4 is 60.7 Å². The third-order valence-electron chi connectivity index (χ3n) is 14.3. The molecule has 0 saturated heterocycles. The van der Waals surface area contributed by atoms with Crippen molar-refractivity contribution in [2.24, 2.45) is 0 Å². The zero-order valence-corrected chi connectivity index (χ0v) is 40.8. The molecule has 0 unspecified atom stereocenters. The highest BCUT2D eigenvalue weighted by Crippen LogP contribution is 2.50. The molecule has 0 N–H and O–H groups in total. The van der Waals surface area contributed by atoms with Gasteiger partial charge in [-0.15, -0.1) is 0 Å². The first-order valence-corrected chi connectivity index (χ1v) is 24.3. The number of nitriles is 3. The number of hydrogen-bond donors (Lipinski definition) is 0. The van der Waals surface area contributed by atoms with Gasteiger partial charge in [-0.05, 0) is 129 Å². The molecule has 0 aliphatic heterocycles. The van der Waals surface area contributed by atoms with E-state index in [-0.39, 0.29) is 33.8 Å². The van der Waals surface area contributed by atoms with Crippen LogP contribution < -0.4 is 0 Å². The van der Waals surface area contributed by atoms with E-state index in [2.05, 4.69) is 32.7 Å². The molecule has 78 heavy (non-hydrogen) atoms. The Labute approximate surface area is 444 Å². The van der Waals surface area contributed by atoms with E-state index in [0.29, 0.717) is 44.6 Å². The van der Waals surface area contributed by atoms with Gasteiger partial charge in [-0.2, -0.15) is 29.0 Å². The molecule has 362 valence electrons. The van der Waals surface area contributed by atoms with Gasteiger partial charge >= 0.3 is 6.18 Å². The van der Waals surface area contributed by atoms with E-state index in [1.165, 1.54) is 12.1 Å². The quantitative estimate of drug-likeness (QED) is 0.149. The fraction of sp³-hybridized carbons (Fsp3) is 0.0149. The van der Waals surface area contributed by atoms with Gasteiger partial charge in [0.25, 0.3) is 0 Å². The standard InChI is InChI=1S/C67H33F3N8/c1-74-51-23-15-45(16-24-51)49-21-29-61-55(35-49)56-36-50(46-17-25-52(75-2)26-18-46)22-30-62(56)78(61)64-32-42(39-73)31-63(66(64)65-57(67(68,69)70)5-4-6-58(65)76-3)77-59-27-19-47(43-11-7-40(37-71)8-12-43)33-53(59)54-34-48(20-28-60(54)77)44-13-9-41(38-72)10-14-44/h4-36H. The van der Waals surface area contributed by atoms with Crippen molar-refractivity contribution in [3.8, 4) is 85.2 Å². The molecule has 0 saturated carbocycles. The van der Waals surface area contributed by atoms with Crippen molar-refractivity contribution in [1.82, 2.24) is 9.13 Å². The second kappa shape index (κ2) is 18.8. The SMILES string of the molecule is [C-]#[N+]c1ccc(-c2ccc3c(c2)c2cc(-c4ccc([N+]#[C-])cc4)ccc2n3-c2cc(C#N)cc(-n3c4ccc(-c5ccc(C#N)cc5)cc4c4cc(-c5ccc(C#N)cc5)ccc43)c2-c2c([N+]#[C-])cccc2C(F)(F)F)cc1. The molecule has 0 aliphatic carbocycles. The van der Waals surface area contributed by atoms with Crippen LogP contribution in [-0.2, 0) is 6.18 Å². The van der Waals surface area contributed by atoms with Crippen LogP contribution in [-0.4, -0.2) is 9.13 Å². The molecular weight excluding hydrogens is 974 g/mol. The molecule has 2 heterocycles. The van der Waals surface area contributed by atoms with E-state index >= 15 is 13.2 Å². The number of alkyl halides is 3. The van der Waals surface area contributed by atoms with Crippen molar-refractivity contribution in [1.29, 1.82) is 15.8 Å². The Kier molecular flexibility index (Phi) is 11.4. The van der Waals surface area contributed by atoms with Crippen LogP contribution in [0.2, 0.25) is 0 Å². The molecule has 8 nitrogen and oxygen atoms in total. The molecule has 0 atom stereocenters. The van der Waals surface area contributed by atoms with Crippen LogP contribution in [0.3, 0.4) is 0 Å². The average Bonchev–Trinajstić information content (AvgIpc) is 4.11. The fourth-order valence-corrected chi connectivity index (χ4v) is 10.6. The van der Waals surface area contributed by atoms with E-state index in [9.17, 15) is 15.8 Å². The normalized spacial score (nSPS) is 11.2. The number of rotatable bonds is 7. The Hall–Kier alpha value is -11.5. The Morgan fingerprint density at radius 1 is 0.359 bits per heavy atom. The number of hydrogen-bond acceptors (Lipinski definition) is 3. The summed E-state index contributed by atoms with van der Waals surface area (Å²) in [6.45, 7) is 23.5. The largest absolute Gasteiger partial charge is 0.415 e. The minimum absolute atomic E-state index is 0.0514. The van der Waals surface area contributed by atoms with Crippen LogP contribution in [0.15, 0.2) is 200 Å². The molecule has 0 aliphatic rings. The summed E-state index contributed by atoms with van der Waals surface area (Å²) in [6.07, 6.45) is -4.94. The summed E-state index contributed by atoms with van der Waals surface area (Å²) < 4.78 is 51.5. The smallest absolute Gasteiger partial charge is 0.309 e. The van der Waals surface area contributed by atoms with Crippen LogP contribution in [0, 0.1) is 53.7 Å². The Balaban J connectivity index is 1.22. The van der Waals surface area contributed by atoms with Crippen molar-refractivity contribution in [2.45, 2.75) is 6.18 Å². The average molecular weight is 1010 g/mol. The van der Waals surface area contributed by atoms with E-state index < -0.39 is 11.7 Å². The van der Waals surface area contributed by atoms with Gasteiger partial charge < -0.3 is 9.13 Å². The topological polar surface area (TPSA) is 94.3 Å². The monoisotopic (exact) mass is 1010 g/mol. The number of fused-ring (bicyclic) bond motifs is 6. The first-order chi connectivity index (χ1) is 38.0. The van der Waals surface area contributed by atoms with Crippen LogP contribution in [0.4, 0.5) is 30.2 Å². The second-order valence-corrected chi connectivity index (χ2v) is 18.6. The molecular formula is C67H33F3N8. The lowest BCUT2D eigenvalue weighted by Gasteiger charge is -2.24. The lowest BCUT2D eigenvalue weighted by molar-refractivity contribution is -0.137. The fourth-order valence-electron chi connectivity index (χ4n) is 10.6. The molecule has 0 fully saturated rings. The van der Waals surface area contributed by atoms with E-state index in [1.54, 1.807) is 60.7 Å². The lowest BCUT2D eigenvalue weighted by Crippen LogP contribution is -2.11. The van der Waals surface area contributed by atoms with Crippen LogP contribution >= 0.6 is 0 Å². The zero-order chi connectivity index (χ0) is 53.8. The van der Waals surface area contributed by atoms with Gasteiger partial charge in [-0.25, -0.2) is 14.5 Å². The summed E-state index contributed by atoms with van der Waals surface area (Å²) in [5.74, 6) is 0. The minimum atomic E-state index is -4.94. The first kappa shape index (κ1) is 47.5. The molecule has 0 bridgehead atoms. The van der Waals surface area contributed by atoms with Crippen molar-refractivity contribution < 1.29 is 13.2 Å². The summed E-state index contributed by atoms with van der Waals surface area (Å²) in [4.78, 5) is 10.9. The Bertz CT molecular complexity index is 4260. The highest BCUT2D eigenvalue weighted by Gasteiger charge is 2.37. The third-order valence-corrected chi connectivity index (χ3v) is 14.3. The molecule has 0 amide bonds. The predicted molar refractivity (Wildman–Crippen MR) is 300 cm³/mol. The molecule has 12 aromatic rings. The lowest BCUT2D eigenvalue weighted by atomic mass is 9.92. The number of benzene rings is 10. The first-order valence-electron chi connectivity index (χ1n) is 24.3. The summed E-state index contributed by atoms with van der Waals surface area (Å²) in [7, 11) is 0. The third kappa shape index (κ3) is 7.99. The van der Waals surface area contributed by atoms with Gasteiger partial charge in [0.15, 0.2) is 17.1 Å². The molecule has 12 rings (SSSR count). The highest BCUT2D eigenvalue weighted by molar-refractivity contribution is 6.15. The number of aromatic nitrogens is 2. The molecule has 11 heteroatoms. The zero-order valence-electron chi connectivity index (χ0n) is 40.8. The molecule has 10 aromatic carbocycles. The molecule has 0 spiro atoms. The second-order valence-electron chi connectivity index (χ2n) is 18.6. The van der Waals surface area contributed by atoms with Gasteiger partial charge in [-0.1, -0.05) is 115 Å². The van der Waals surface area contributed by atoms with Gasteiger partial charge in [-0.3, -0.25) is 0 Å².